The van der Waals surface area contributed by atoms with Crippen molar-refractivity contribution in [1.82, 2.24) is 24.8 Å². The van der Waals surface area contributed by atoms with Crippen LogP contribution < -0.4 is 0 Å². The first-order valence-corrected chi connectivity index (χ1v) is 11.0. The Morgan fingerprint density at radius 3 is 2.65 bits per heavy atom. The molecular formula is C23H28FN5O2. The Morgan fingerprint density at radius 1 is 1.23 bits per heavy atom. The molecule has 7 nitrogen and oxygen atoms in total. The van der Waals surface area contributed by atoms with Crippen molar-refractivity contribution in [2.75, 3.05) is 13.1 Å². The molecule has 0 N–H and O–H groups in total. The van der Waals surface area contributed by atoms with Crippen LogP contribution in [0.25, 0.3) is 22.3 Å². The van der Waals surface area contributed by atoms with Crippen LogP contribution in [0.5, 0.6) is 0 Å². The highest BCUT2D eigenvalue weighted by Gasteiger charge is 2.45. The van der Waals surface area contributed by atoms with Crippen molar-refractivity contribution in [2.45, 2.75) is 64.6 Å². The lowest BCUT2D eigenvalue weighted by molar-refractivity contribution is -0.135. The largest absolute Gasteiger partial charge is 0.342 e. The van der Waals surface area contributed by atoms with E-state index in [4.69, 9.17) is 4.52 Å². The Kier molecular flexibility index (Phi) is 4.64. The number of benzene rings is 1. The fraction of sp³-hybridized carbons (Fsp3) is 0.565. The Hall–Kier alpha value is -2.77. The Morgan fingerprint density at radius 2 is 1.97 bits per heavy atom. The quantitative estimate of drug-likeness (QED) is 0.595. The lowest BCUT2D eigenvalue weighted by Gasteiger charge is -2.34. The second kappa shape index (κ2) is 7.14. The minimum Gasteiger partial charge on any atom is -0.342 e. The summed E-state index contributed by atoms with van der Waals surface area (Å²) in [4.78, 5) is 18.7. The molecule has 2 aliphatic rings. The summed E-state index contributed by atoms with van der Waals surface area (Å²) >= 11 is 0. The number of likely N-dealkylation sites (tertiary alicyclic amines) is 1. The van der Waals surface area contributed by atoms with Gasteiger partial charge in [-0.2, -0.15) is 10.1 Å². The molecular weight excluding hydrogens is 397 g/mol. The molecule has 3 heterocycles. The maximum Gasteiger partial charge on any atom is 0.264 e. The van der Waals surface area contributed by atoms with Gasteiger partial charge in [0.2, 0.25) is 11.7 Å². The second-order valence-corrected chi connectivity index (χ2v) is 9.71. The van der Waals surface area contributed by atoms with Gasteiger partial charge in [-0.3, -0.25) is 9.48 Å². The summed E-state index contributed by atoms with van der Waals surface area (Å²) in [6, 6.07) is 6.04. The van der Waals surface area contributed by atoms with Gasteiger partial charge in [-0.05, 0) is 38.2 Å². The summed E-state index contributed by atoms with van der Waals surface area (Å²) in [5, 5.41) is 9.50. The van der Waals surface area contributed by atoms with Gasteiger partial charge >= 0.3 is 0 Å². The summed E-state index contributed by atoms with van der Waals surface area (Å²) in [7, 11) is 0. The van der Waals surface area contributed by atoms with Crippen LogP contribution in [0.2, 0.25) is 0 Å². The van der Waals surface area contributed by atoms with Gasteiger partial charge < -0.3 is 9.42 Å². The van der Waals surface area contributed by atoms with Gasteiger partial charge in [0.05, 0.1) is 11.7 Å². The van der Waals surface area contributed by atoms with Crippen molar-refractivity contribution in [3.8, 4) is 11.4 Å². The molecule has 1 amide bonds. The molecule has 1 aliphatic heterocycles. The van der Waals surface area contributed by atoms with Gasteiger partial charge in [-0.15, -0.1) is 0 Å². The van der Waals surface area contributed by atoms with Gasteiger partial charge in [0.1, 0.15) is 0 Å². The zero-order valence-electron chi connectivity index (χ0n) is 18.3. The third-order valence-electron chi connectivity index (χ3n) is 6.75. The number of carbonyl (C=O) groups is 1. The van der Waals surface area contributed by atoms with Gasteiger partial charge in [-0.1, -0.05) is 24.2 Å². The zero-order chi connectivity index (χ0) is 21.8. The summed E-state index contributed by atoms with van der Waals surface area (Å²) in [5.74, 6) is 0.496. The molecule has 0 bridgehead atoms. The number of alkyl halides is 1. The van der Waals surface area contributed by atoms with Crippen molar-refractivity contribution in [3.05, 3.63) is 30.3 Å². The van der Waals surface area contributed by atoms with Crippen LogP contribution in [-0.4, -0.2) is 43.8 Å². The number of halogens is 1. The molecule has 31 heavy (non-hydrogen) atoms. The van der Waals surface area contributed by atoms with Crippen molar-refractivity contribution in [1.29, 1.82) is 0 Å². The van der Waals surface area contributed by atoms with Gasteiger partial charge in [0, 0.05) is 49.3 Å². The van der Waals surface area contributed by atoms with E-state index in [2.05, 4.69) is 36.0 Å². The van der Waals surface area contributed by atoms with E-state index in [1.54, 1.807) is 4.90 Å². The Bertz CT molecular complexity index is 1120. The van der Waals surface area contributed by atoms with Gasteiger partial charge in [0.25, 0.3) is 5.89 Å². The van der Waals surface area contributed by atoms with Crippen LogP contribution in [0, 0.1) is 5.41 Å². The number of fused-ring (bicyclic) bond motifs is 1. The van der Waals surface area contributed by atoms with E-state index in [0.29, 0.717) is 25.3 Å². The average molecular weight is 426 g/mol. The lowest BCUT2D eigenvalue weighted by Crippen LogP contribution is -2.44. The fourth-order valence-electron chi connectivity index (χ4n) is 4.30. The summed E-state index contributed by atoms with van der Waals surface area (Å²) < 4.78 is 22.9. The summed E-state index contributed by atoms with van der Waals surface area (Å²) in [6.45, 7) is 7.03. The highest BCUT2D eigenvalue weighted by Crippen LogP contribution is 2.48. The molecule has 0 unspecified atom stereocenters. The molecule has 5 rings (SSSR count). The van der Waals surface area contributed by atoms with Crippen LogP contribution in [0.3, 0.4) is 0 Å². The van der Waals surface area contributed by atoms with Crippen LogP contribution in [0.1, 0.15) is 64.8 Å². The number of carbonyl (C=O) groups excluding carboxylic acids is 1. The maximum absolute atomic E-state index is 15.6. The average Bonchev–Trinajstić information content (AvgIpc) is 3.14. The third-order valence-corrected chi connectivity index (χ3v) is 6.75. The van der Waals surface area contributed by atoms with E-state index in [1.807, 2.05) is 29.1 Å². The number of amides is 1. The van der Waals surface area contributed by atoms with Crippen LogP contribution in [0.15, 0.2) is 28.9 Å². The molecule has 0 spiro atoms. The van der Waals surface area contributed by atoms with Crippen LogP contribution >= 0.6 is 0 Å². The van der Waals surface area contributed by atoms with E-state index in [9.17, 15) is 4.79 Å². The number of nitrogens with zero attached hydrogens (tertiary/aromatic N) is 5. The molecule has 1 aliphatic carbocycles. The predicted molar refractivity (Wildman–Crippen MR) is 114 cm³/mol. The normalized spacial score (nSPS) is 19.8. The first-order valence-electron chi connectivity index (χ1n) is 11.0. The first kappa shape index (κ1) is 20.2. The number of rotatable bonds is 5. The van der Waals surface area contributed by atoms with E-state index >= 15 is 4.39 Å². The number of aromatic nitrogens is 4. The first-order chi connectivity index (χ1) is 14.8. The van der Waals surface area contributed by atoms with E-state index in [1.165, 1.54) is 0 Å². The molecule has 1 saturated heterocycles. The third kappa shape index (κ3) is 3.72. The molecule has 3 aromatic rings. The SMILES string of the molecule is CC(C)n1ncc2ccc(-c3noc(C4(F)CCN(C(=O)CC5(C)CC5)CC4)n3)cc21. The molecule has 2 aromatic heterocycles. The minimum atomic E-state index is -1.70. The number of piperidine rings is 1. The molecule has 164 valence electrons. The monoisotopic (exact) mass is 425 g/mol. The van der Waals surface area contributed by atoms with Crippen molar-refractivity contribution in [3.63, 3.8) is 0 Å². The maximum atomic E-state index is 15.6. The number of hydrogen-bond acceptors (Lipinski definition) is 5. The highest BCUT2D eigenvalue weighted by molar-refractivity contribution is 5.83. The van der Waals surface area contributed by atoms with E-state index in [-0.39, 0.29) is 36.1 Å². The predicted octanol–water partition coefficient (Wildman–Crippen LogP) is 4.64. The number of hydrogen-bond donors (Lipinski definition) is 0. The summed E-state index contributed by atoms with van der Waals surface area (Å²) in [5.41, 5.74) is 0.202. The topological polar surface area (TPSA) is 77.0 Å². The summed E-state index contributed by atoms with van der Waals surface area (Å²) in [6.07, 6.45) is 4.96. The minimum absolute atomic E-state index is 0.00113. The standard InChI is InChI=1S/C23H28FN5O2/c1-15(2)29-18-12-16(4-5-17(18)14-25-29)20-26-21(31-27-20)23(24)8-10-28(11-9-23)19(30)13-22(3)6-7-22/h4-5,12,14-15H,6-11,13H2,1-3H3. The molecule has 0 radical (unpaired) electrons. The zero-order valence-corrected chi connectivity index (χ0v) is 18.3. The van der Waals surface area contributed by atoms with Crippen molar-refractivity contribution in [2.24, 2.45) is 5.41 Å². The van der Waals surface area contributed by atoms with E-state index in [0.717, 1.165) is 29.3 Å². The Balaban J connectivity index is 1.32. The molecule has 1 saturated carbocycles. The second-order valence-electron chi connectivity index (χ2n) is 9.71. The molecule has 2 fully saturated rings. The smallest absolute Gasteiger partial charge is 0.264 e. The molecule has 8 heteroatoms. The highest BCUT2D eigenvalue weighted by atomic mass is 19.1. The van der Waals surface area contributed by atoms with Crippen molar-refractivity contribution >= 4 is 16.8 Å². The molecule has 1 aromatic carbocycles. The van der Waals surface area contributed by atoms with Gasteiger partial charge in [0.15, 0.2) is 5.67 Å². The van der Waals surface area contributed by atoms with Gasteiger partial charge in [-0.25, -0.2) is 4.39 Å². The van der Waals surface area contributed by atoms with Crippen molar-refractivity contribution < 1.29 is 13.7 Å². The van der Waals surface area contributed by atoms with Crippen LogP contribution in [-0.2, 0) is 10.5 Å². The fourth-order valence-corrected chi connectivity index (χ4v) is 4.30. The molecule has 0 atom stereocenters. The van der Waals surface area contributed by atoms with E-state index < -0.39 is 5.67 Å². The Labute approximate surface area is 180 Å². The van der Waals surface area contributed by atoms with Crippen LogP contribution in [0.4, 0.5) is 4.39 Å². The lowest BCUT2D eigenvalue weighted by atomic mass is 9.92.